The number of halogens is 2. The zero-order valence-electron chi connectivity index (χ0n) is 21.5. The Morgan fingerprint density at radius 2 is 1.59 bits per heavy atom. The van der Waals surface area contributed by atoms with E-state index in [1.807, 2.05) is 45.0 Å². The lowest BCUT2D eigenvalue weighted by molar-refractivity contribution is -0.141. The van der Waals surface area contributed by atoms with Gasteiger partial charge in [-0.1, -0.05) is 59.6 Å². The van der Waals surface area contributed by atoms with Gasteiger partial charge in [-0.25, -0.2) is 8.42 Å². The van der Waals surface area contributed by atoms with Gasteiger partial charge in [-0.3, -0.25) is 9.59 Å². The van der Waals surface area contributed by atoms with Crippen molar-refractivity contribution in [3.63, 3.8) is 0 Å². The van der Waals surface area contributed by atoms with E-state index >= 15 is 0 Å². The second-order valence-electron chi connectivity index (χ2n) is 9.96. The van der Waals surface area contributed by atoms with Crippen LogP contribution in [0.15, 0.2) is 65.6 Å². The molecule has 0 heterocycles. The van der Waals surface area contributed by atoms with E-state index in [0.717, 1.165) is 15.1 Å². The first-order valence-electron chi connectivity index (χ1n) is 11.7. The van der Waals surface area contributed by atoms with Crippen molar-refractivity contribution in [1.82, 2.24) is 14.5 Å². The molecule has 0 saturated carbocycles. The van der Waals surface area contributed by atoms with Gasteiger partial charge in [-0.15, -0.1) is 0 Å². The number of nitrogens with zero attached hydrogens (tertiary/aromatic N) is 2. The molecule has 0 bridgehead atoms. The van der Waals surface area contributed by atoms with E-state index in [4.69, 9.17) is 23.2 Å². The summed E-state index contributed by atoms with van der Waals surface area (Å²) in [5, 5.41) is 5.24. The summed E-state index contributed by atoms with van der Waals surface area (Å²) in [7, 11) is -2.63. The summed E-state index contributed by atoms with van der Waals surface area (Å²) in [6, 6.07) is 16.3. The van der Waals surface area contributed by atoms with Gasteiger partial charge >= 0.3 is 0 Å². The van der Waals surface area contributed by atoms with Gasteiger partial charge in [-0.2, -0.15) is 4.31 Å². The molecule has 0 saturated heterocycles. The van der Waals surface area contributed by atoms with E-state index in [0.29, 0.717) is 15.6 Å². The van der Waals surface area contributed by atoms with Gasteiger partial charge in [0.1, 0.15) is 6.04 Å². The maximum Gasteiger partial charge on any atom is 0.243 e. The molecule has 2 amide bonds. The molecule has 198 valence electrons. The standard InChI is InChI=1S/C27H31Cl2N3O4S/c1-18(26(34)30-27(2,3)4)32(16-19-10-13-23(28)24(29)14-19)25(33)17-31(5)37(35,36)22-12-11-20-8-6-7-9-21(20)15-22/h6-15,18H,16-17H2,1-5H3,(H,30,34)/t18-/m0/s1. The molecular weight excluding hydrogens is 533 g/mol. The van der Waals surface area contributed by atoms with E-state index in [-0.39, 0.29) is 17.3 Å². The number of likely N-dealkylation sites (N-methyl/N-ethyl adjacent to an activating group) is 1. The van der Waals surface area contributed by atoms with Gasteiger partial charge in [0, 0.05) is 19.1 Å². The van der Waals surface area contributed by atoms with Gasteiger partial charge in [0.2, 0.25) is 21.8 Å². The van der Waals surface area contributed by atoms with Crippen molar-refractivity contribution in [2.24, 2.45) is 0 Å². The van der Waals surface area contributed by atoms with Crippen LogP contribution in [-0.2, 0) is 26.2 Å². The molecule has 0 unspecified atom stereocenters. The van der Waals surface area contributed by atoms with Crippen molar-refractivity contribution >= 4 is 55.8 Å². The number of amides is 2. The number of nitrogens with one attached hydrogen (secondary N) is 1. The summed E-state index contributed by atoms with van der Waals surface area (Å²) in [5.41, 5.74) is 0.137. The first-order chi connectivity index (χ1) is 17.2. The second-order valence-corrected chi connectivity index (χ2v) is 12.8. The van der Waals surface area contributed by atoms with E-state index in [2.05, 4.69) is 5.32 Å². The second kappa shape index (κ2) is 11.4. The molecule has 0 aliphatic heterocycles. The van der Waals surface area contributed by atoms with Crippen LogP contribution < -0.4 is 5.32 Å². The molecule has 1 atom stereocenters. The third-order valence-corrected chi connectivity index (χ3v) is 8.33. The van der Waals surface area contributed by atoms with Crippen LogP contribution in [0.1, 0.15) is 33.3 Å². The van der Waals surface area contributed by atoms with Crippen LogP contribution in [0, 0.1) is 0 Å². The molecule has 10 heteroatoms. The number of rotatable bonds is 8. The van der Waals surface area contributed by atoms with E-state index in [1.165, 1.54) is 18.0 Å². The van der Waals surface area contributed by atoms with Crippen LogP contribution in [0.3, 0.4) is 0 Å². The quantitative estimate of drug-likeness (QED) is 0.413. The van der Waals surface area contributed by atoms with Gasteiger partial charge in [0.05, 0.1) is 21.5 Å². The third kappa shape index (κ3) is 7.23. The smallest absolute Gasteiger partial charge is 0.243 e. The Hall–Kier alpha value is -2.65. The summed E-state index contributed by atoms with van der Waals surface area (Å²) >= 11 is 12.2. The SMILES string of the molecule is C[C@@H](C(=O)NC(C)(C)C)N(Cc1ccc(Cl)c(Cl)c1)C(=O)CN(C)S(=O)(=O)c1ccc2ccccc2c1. The van der Waals surface area contributed by atoms with E-state index in [1.54, 1.807) is 37.3 Å². The minimum Gasteiger partial charge on any atom is -0.350 e. The van der Waals surface area contributed by atoms with Gasteiger partial charge in [0.25, 0.3) is 0 Å². The molecule has 1 N–H and O–H groups in total. The largest absolute Gasteiger partial charge is 0.350 e. The Kier molecular flexibility index (Phi) is 8.90. The lowest BCUT2D eigenvalue weighted by Crippen LogP contribution is -2.54. The lowest BCUT2D eigenvalue weighted by Gasteiger charge is -2.32. The Balaban J connectivity index is 1.88. The Bertz CT molecular complexity index is 1420. The predicted molar refractivity (Wildman–Crippen MR) is 148 cm³/mol. The zero-order valence-corrected chi connectivity index (χ0v) is 23.8. The number of benzene rings is 3. The van der Waals surface area contributed by atoms with Gasteiger partial charge in [0.15, 0.2) is 0 Å². The van der Waals surface area contributed by atoms with Crippen LogP contribution in [-0.4, -0.2) is 54.6 Å². The maximum atomic E-state index is 13.5. The number of sulfonamides is 1. The first-order valence-corrected chi connectivity index (χ1v) is 13.9. The molecule has 0 aliphatic carbocycles. The van der Waals surface area contributed by atoms with E-state index in [9.17, 15) is 18.0 Å². The molecule has 0 fully saturated rings. The molecule has 0 aliphatic rings. The molecule has 0 aromatic heterocycles. The Morgan fingerprint density at radius 3 is 2.22 bits per heavy atom. The first kappa shape index (κ1) is 28.9. The fourth-order valence-electron chi connectivity index (χ4n) is 3.77. The highest BCUT2D eigenvalue weighted by molar-refractivity contribution is 7.89. The van der Waals surface area contributed by atoms with Crippen molar-refractivity contribution in [1.29, 1.82) is 0 Å². The zero-order chi connectivity index (χ0) is 27.5. The fraction of sp³-hybridized carbons (Fsp3) is 0.333. The number of hydrogen-bond donors (Lipinski definition) is 1. The van der Waals surface area contributed by atoms with E-state index < -0.39 is 34.1 Å². The molecule has 3 aromatic rings. The van der Waals surface area contributed by atoms with Crippen LogP contribution in [0.5, 0.6) is 0 Å². The number of fused-ring (bicyclic) bond motifs is 1. The fourth-order valence-corrected chi connectivity index (χ4v) is 5.24. The van der Waals surface area contributed by atoms with Crippen molar-refractivity contribution in [3.05, 3.63) is 76.3 Å². The number of carbonyl (C=O) groups excluding carboxylic acids is 2. The molecule has 37 heavy (non-hydrogen) atoms. The highest BCUT2D eigenvalue weighted by Gasteiger charge is 2.31. The van der Waals surface area contributed by atoms with Gasteiger partial charge < -0.3 is 10.2 Å². The van der Waals surface area contributed by atoms with Crippen molar-refractivity contribution < 1.29 is 18.0 Å². The molecule has 0 spiro atoms. The predicted octanol–water partition coefficient (Wildman–Crippen LogP) is 5.10. The topological polar surface area (TPSA) is 86.8 Å². The average Bonchev–Trinajstić information content (AvgIpc) is 2.82. The third-order valence-electron chi connectivity index (χ3n) is 5.79. The van der Waals surface area contributed by atoms with Crippen LogP contribution in [0.25, 0.3) is 10.8 Å². The normalized spacial score (nSPS) is 13.0. The van der Waals surface area contributed by atoms with Crippen molar-refractivity contribution in [2.45, 2.75) is 50.7 Å². The average molecular weight is 565 g/mol. The summed E-state index contributed by atoms with van der Waals surface area (Å²) in [4.78, 5) is 27.9. The van der Waals surface area contributed by atoms with Gasteiger partial charge in [-0.05, 0) is 68.3 Å². The summed E-state index contributed by atoms with van der Waals surface area (Å²) in [5.74, 6) is -0.893. The monoisotopic (exact) mass is 563 g/mol. The maximum absolute atomic E-state index is 13.5. The van der Waals surface area contributed by atoms with Crippen molar-refractivity contribution in [3.8, 4) is 0 Å². The highest BCUT2D eigenvalue weighted by Crippen LogP contribution is 2.25. The Morgan fingerprint density at radius 1 is 0.946 bits per heavy atom. The summed E-state index contributed by atoms with van der Waals surface area (Å²) in [6.07, 6.45) is 0. The summed E-state index contributed by atoms with van der Waals surface area (Å²) in [6.45, 7) is 6.71. The number of carbonyl (C=O) groups is 2. The molecular formula is C27H31Cl2N3O4S. The summed E-state index contributed by atoms with van der Waals surface area (Å²) < 4.78 is 27.6. The Labute approximate surface area is 228 Å². The molecule has 7 nitrogen and oxygen atoms in total. The van der Waals surface area contributed by atoms with Crippen LogP contribution in [0.2, 0.25) is 10.0 Å². The molecule has 3 aromatic carbocycles. The van der Waals surface area contributed by atoms with Crippen LogP contribution >= 0.6 is 23.2 Å². The molecule has 3 rings (SSSR count). The lowest BCUT2D eigenvalue weighted by atomic mass is 10.1. The number of hydrogen-bond acceptors (Lipinski definition) is 4. The minimum atomic E-state index is -3.97. The minimum absolute atomic E-state index is 0.0400. The highest BCUT2D eigenvalue weighted by atomic mass is 35.5. The van der Waals surface area contributed by atoms with Crippen LogP contribution in [0.4, 0.5) is 0 Å². The molecule has 0 radical (unpaired) electrons. The van der Waals surface area contributed by atoms with Crippen molar-refractivity contribution in [2.75, 3.05) is 13.6 Å².